The predicted octanol–water partition coefficient (Wildman–Crippen LogP) is 3.36. The summed E-state index contributed by atoms with van der Waals surface area (Å²) in [5.74, 6) is -2.25. The minimum atomic E-state index is -3.83. The van der Waals surface area contributed by atoms with Gasteiger partial charge in [0.25, 0.3) is 5.91 Å². The van der Waals surface area contributed by atoms with E-state index in [9.17, 15) is 22.0 Å². The van der Waals surface area contributed by atoms with Crippen LogP contribution in [0.4, 0.5) is 14.5 Å². The normalized spacial score (nSPS) is 15.2. The van der Waals surface area contributed by atoms with Gasteiger partial charge in [0.2, 0.25) is 10.0 Å². The fraction of sp³-hybridized carbons (Fsp3) is 0.316. The largest absolute Gasteiger partial charge is 0.489 e. The van der Waals surface area contributed by atoms with E-state index < -0.39 is 27.3 Å². The molecule has 1 N–H and O–H groups in total. The molecule has 0 atom stereocenters. The summed E-state index contributed by atoms with van der Waals surface area (Å²) in [5, 5.41) is 0.00557. The van der Waals surface area contributed by atoms with Crippen LogP contribution in [0.2, 0.25) is 5.02 Å². The monoisotopic (exact) mass is 444 g/mol. The second-order valence-corrected chi connectivity index (χ2v) is 8.90. The van der Waals surface area contributed by atoms with E-state index in [-0.39, 0.29) is 22.7 Å². The Morgan fingerprint density at radius 1 is 1.17 bits per heavy atom. The smallest absolute Gasteiger partial charge is 0.267 e. The first-order valence-electron chi connectivity index (χ1n) is 8.81. The van der Waals surface area contributed by atoms with Crippen LogP contribution in [0.15, 0.2) is 36.4 Å². The molecule has 0 unspecified atom stereocenters. The highest BCUT2D eigenvalue weighted by molar-refractivity contribution is 7.89. The summed E-state index contributed by atoms with van der Waals surface area (Å²) in [4.78, 5) is 14.0. The van der Waals surface area contributed by atoms with Gasteiger partial charge in [-0.15, -0.1) is 0 Å². The van der Waals surface area contributed by atoms with Crippen molar-refractivity contribution in [2.24, 2.45) is 0 Å². The minimum absolute atomic E-state index is 0.00557. The highest BCUT2D eigenvalue weighted by Gasteiger charge is 2.24. The Hall–Kier alpha value is -2.39. The van der Waals surface area contributed by atoms with Crippen LogP contribution >= 0.6 is 11.6 Å². The van der Waals surface area contributed by atoms with Crippen molar-refractivity contribution in [3.8, 4) is 5.75 Å². The summed E-state index contributed by atoms with van der Waals surface area (Å²) >= 11 is 6.11. The van der Waals surface area contributed by atoms with Crippen LogP contribution in [0.5, 0.6) is 5.75 Å². The van der Waals surface area contributed by atoms with Crippen LogP contribution in [-0.4, -0.2) is 39.8 Å². The van der Waals surface area contributed by atoms with E-state index in [2.05, 4.69) is 4.90 Å². The summed E-state index contributed by atoms with van der Waals surface area (Å²) < 4.78 is 57.1. The number of hydrogen-bond acceptors (Lipinski definition) is 5. The second kappa shape index (κ2) is 8.54. The van der Waals surface area contributed by atoms with E-state index in [1.165, 1.54) is 12.1 Å². The molecule has 0 bridgehead atoms. The predicted molar refractivity (Wildman–Crippen MR) is 106 cm³/mol. The molecule has 0 aliphatic carbocycles. The van der Waals surface area contributed by atoms with E-state index in [1.54, 1.807) is 16.9 Å². The number of amides is 1. The van der Waals surface area contributed by atoms with Gasteiger partial charge in [0.05, 0.1) is 16.8 Å². The highest BCUT2D eigenvalue weighted by Crippen LogP contribution is 2.31. The zero-order valence-corrected chi connectivity index (χ0v) is 17.1. The summed E-state index contributed by atoms with van der Waals surface area (Å²) in [5.41, 5.74) is 0.425. The Morgan fingerprint density at radius 3 is 2.38 bits per heavy atom. The van der Waals surface area contributed by atoms with Gasteiger partial charge in [-0.1, -0.05) is 11.6 Å². The molecule has 3 rings (SSSR count). The fourth-order valence-corrected chi connectivity index (χ4v) is 3.73. The summed E-state index contributed by atoms with van der Waals surface area (Å²) in [6, 6.07) is 8.25. The third-order valence-electron chi connectivity index (χ3n) is 4.47. The molecule has 0 radical (unpaired) electrons. The van der Waals surface area contributed by atoms with E-state index in [0.717, 1.165) is 24.1 Å². The number of sulfonamides is 1. The lowest BCUT2D eigenvalue weighted by molar-refractivity contribution is 0.0977. The Balaban J connectivity index is 1.64. The Bertz CT molecular complexity index is 1010. The molecule has 2 aromatic rings. The molecule has 1 heterocycles. The molecule has 1 aliphatic rings. The number of hydrogen-bond donors (Lipinski definition) is 1. The zero-order chi connectivity index (χ0) is 21.2. The minimum Gasteiger partial charge on any atom is -0.489 e. The number of carbonyl (C=O) groups excluding carboxylic acids is 1. The van der Waals surface area contributed by atoms with E-state index in [1.807, 2.05) is 0 Å². The molecular formula is C19H19ClF2N2O4S. The van der Waals surface area contributed by atoms with E-state index in [4.69, 9.17) is 16.3 Å². The van der Waals surface area contributed by atoms with Crippen LogP contribution in [0.25, 0.3) is 0 Å². The van der Waals surface area contributed by atoms with Crippen molar-refractivity contribution in [3.05, 3.63) is 58.6 Å². The number of rotatable bonds is 5. The van der Waals surface area contributed by atoms with Crippen LogP contribution in [0.1, 0.15) is 23.2 Å². The number of nitrogens with one attached hydrogen (secondary N) is 1. The Morgan fingerprint density at radius 2 is 1.79 bits per heavy atom. The number of halogens is 3. The lowest BCUT2D eigenvalue weighted by Crippen LogP contribution is -2.38. The van der Waals surface area contributed by atoms with Crippen LogP contribution < -0.4 is 14.4 Å². The molecule has 10 heteroatoms. The fourth-order valence-electron chi connectivity index (χ4n) is 3.08. The number of anilines is 1. The first-order chi connectivity index (χ1) is 13.6. The molecule has 29 heavy (non-hydrogen) atoms. The van der Waals surface area contributed by atoms with Crippen LogP contribution in [0.3, 0.4) is 0 Å². The summed E-state index contributed by atoms with van der Waals surface area (Å²) in [6.07, 6.45) is 1.87. The zero-order valence-electron chi connectivity index (χ0n) is 15.5. The van der Waals surface area contributed by atoms with Gasteiger partial charge in [0.15, 0.2) is 0 Å². The molecule has 0 saturated carbocycles. The van der Waals surface area contributed by atoms with E-state index in [0.29, 0.717) is 25.9 Å². The highest BCUT2D eigenvalue weighted by atomic mass is 35.5. The molecule has 1 fully saturated rings. The number of ether oxygens (including phenoxy) is 1. The van der Waals surface area contributed by atoms with Crippen molar-refractivity contribution in [3.63, 3.8) is 0 Å². The maximum atomic E-state index is 14.3. The van der Waals surface area contributed by atoms with Gasteiger partial charge in [-0.3, -0.25) is 4.79 Å². The summed E-state index contributed by atoms with van der Waals surface area (Å²) in [7, 11) is -3.83. The average molecular weight is 445 g/mol. The number of nitrogens with zero attached hydrogens (tertiary/aromatic N) is 1. The first-order valence-corrected chi connectivity index (χ1v) is 11.1. The van der Waals surface area contributed by atoms with Crippen molar-refractivity contribution in [1.82, 2.24) is 4.72 Å². The van der Waals surface area contributed by atoms with Crippen LogP contribution in [0, 0.1) is 11.6 Å². The molecule has 0 spiro atoms. The second-order valence-electron chi connectivity index (χ2n) is 6.75. The average Bonchev–Trinajstić information content (AvgIpc) is 2.64. The van der Waals surface area contributed by atoms with Gasteiger partial charge >= 0.3 is 0 Å². The van der Waals surface area contributed by atoms with Crippen molar-refractivity contribution in [2.45, 2.75) is 18.9 Å². The molecular weight excluding hydrogens is 426 g/mol. The van der Waals surface area contributed by atoms with Gasteiger partial charge in [0, 0.05) is 37.7 Å². The van der Waals surface area contributed by atoms with Crippen molar-refractivity contribution in [1.29, 1.82) is 0 Å². The topological polar surface area (TPSA) is 75.7 Å². The standard InChI is InChI=1S/C19H19ClF2N2O4S/c1-29(26,27)23-19(25)15-10-16(20)18(11-17(15)22)28-14-6-8-24(9-7-14)13-4-2-12(21)3-5-13/h2-5,10-11,14H,6-9H2,1H3,(H,23,25). The van der Waals surface area contributed by atoms with Crippen LogP contribution in [-0.2, 0) is 10.0 Å². The molecule has 2 aromatic carbocycles. The van der Waals surface area contributed by atoms with Gasteiger partial charge in [-0.25, -0.2) is 21.9 Å². The van der Waals surface area contributed by atoms with E-state index >= 15 is 0 Å². The SMILES string of the molecule is CS(=O)(=O)NC(=O)c1cc(Cl)c(OC2CCN(c3ccc(F)cc3)CC2)cc1F. The number of piperidine rings is 1. The third-order valence-corrected chi connectivity index (χ3v) is 5.32. The van der Waals surface area contributed by atoms with Gasteiger partial charge in [0.1, 0.15) is 23.5 Å². The van der Waals surface area contributed by atoms with Crippen molar-refractivity contribution in [2.75, 3.05) is 24.2 Å². The van der Waals surface area contributed by atoms with Gasteiger partial charge in [-0.05, 0) is 30.3 Å². The van der Waals surface area contributed by atoms with Crippen molar-refractivity contribution >= 4 is 33.2 Å². The number of carbonyl (C=O) groups is 1. The molecule has 1 aliphatic heterocycles. The number of benzene rings is 2. The lowest BCUT2D eigenvalue weighted by atomic mass is 10.1. The molecule has 1 amide bonds. The summed E-state index contributed by atoms with van der Waals surface area (Å²) in [6.45, 7) is 1.34. The molecule has 1 saturated heterocycles. The third kappa shape index (κ3) is 5.57. The molecule has 156 valence electrons. The maximum absolute atomic E-state index is 14.3. The quantitative estimate of drug-likeness (QED) is 0.765. The maximum Gasteiger partial charge on any atom is 0.267 e. The van der Waals surface area contributed by atoms with Gasteiger partial charge in [-0.2, -0.15) is 0 Å². The molecule has 6 nitrogen and oxygen atoms in total. The first kappa shape index (κ1) is 21.3. The molecule has 0 aromatic heterocycles. The van der Waals surface area contributed by atoms with Gasteiger partial charge < -0.3 is 9.64 Å². The lowest BCUT2D eigenvalue weighted by Gasteiger charge is -2.33. The Kier molecular flexibility index (Phi) is 6.28. The Labute approximate surface area is 172 Å². The van der Waals surface area contributed by atoms with Crippen molar-refractivity contribution < 1.29 is 26.7 Å².